The summed E-state index contributed by atoms with van der Waals surface area (Å²) in [6.07, 6.45) is 8.46. The second kappa shape index (κ2) is 12.5. The first-order chi connectivity index (χ1) is 16.4. The maximum atomic E-state index is 13.2. The van der Waals surface area contributed by atoms with Gasteiger partial charge in [-0.05, 0) is 57.4 Å². The van der Waals surface area contributed by atoms with Gasteiger partial charge in [0.1, 0.15) is 5.82 Å². The maximum Gasteiger partial charge on any atom is 0.309 e. The van der Waals surface area contributed by atoms with Gasteiger partial charge in [-0.1, -0.05) is 41.8 Å². The minimum Gasteiger partial charge on any atom is -0.466 e. The van der Waals surface area contributed by atoms with Gasteiger partial charge in [-0.15, -0.1) is 0 Å². The van der Waals surface area contributed by atoms with Crippen LogP contribution in [0.3, 0.4) is 0 Å². The molecule has 0 unspecified atom stereocenters. The van der Waals surface area contributed by atoms with Crippen LogP contribution in [0, 0.1) is 12.8 Å². The third kappa shape index (κ3) is 7.04. The summed E-state index contributed by atoms with van der Waals surface area (Å²) in [5.74, 6) is 0.241. The molecule has 1 aliphatic rings. The number of aryl methyl sites for hydroxylation is 1. The van der Waals surface area contributed by atoms with Crippen molar-refractivity contribution in [3.63, 3.8) is 0 Å². The van der Waals surface area contributed by atoms with Crippen LogP contribution in [0.4, 0.5) is 5.13 Å². The van der Waals surface area contributed by atoms with Crippen LogP contribution in [0.15, 0.2) is 63.0 Å². The van der Waals surface area contributed by atoms with Crippen molar-refractivity contribution in [2.45, 2.75) is 42.7 Å². The number of hydrogen-bond donors (Lipinski definition) is 1. The molecule has 2 aromatic rings. The van der Waals surface area contributed by atoms with Gasteiger partial charge in [-0.2, -0.15) is 0 Å². The van der Waals surface area contributed by atoms with Gasteiger partial charge in [0, 0.05) is 29.8 Å². The van der Waals surface area contributed by atoms with Gasteiger partial charge in [-0.3, -0.25) is 9.59 Å². The molecule has 0 radical (unpaired) electrons. The second-order valence-corrected chi connectivity index (χ2v) is 10.2. The molecule has 1 aliphatic heterocycles. The van der Waals surface area contributed by atoms with E-state index in [1.54, 1.807) is 24.2 Å². The van der Waals surface area contributed by atoms with Crippen molar-refractivity contribution >= 4 is 46.3 Å². The average molecular weight is 499 g/mol. The molecule has 9 heteroatoms. The normalized spacial score (nSPS) is 14.6. The highest BCUT2D eigenvalue weighted by Gasteiger charge is 2.29. The van der Waals surface area contributed by atoms with Gasteiger partial charge < -0.3 is 15.0 Å². The quantitative estimate of drug-likeness (QED) is 0.361. The third-order valence-electron chi connectivity index (χ3n) is 5.30. The zero-order chi connectivity index (χ0) is 24.5. The summed E-state index contributed by atoms with van der Waals surface area (Å²) < 4.78 is 6.12. The highest BCUT2D eigenvalue weighted by atomic mass is 32.2. The lowest BCUT2D eigenvalue weighted by molar-refractivity contribution is -0.149. The molecular weight excluding hydrogens is 468 g/mol. The number of likely N-dealkylation sites (tertiary alicyclic amines) is 1. The number of carbonyl (C=O) groups is 2. The van der Waals surface area contributed by atoms with Crippen LogP contribution in [0.1, 0.15) is 42.6 Å². The SMILES string of the molecule is C=C(/N=C\C=C/C)Nc1ncc(Sc2ccc(C)c(C(=O)N3CCC(C(=O)OCC)CC3)c2)s1. The number of carbonyl (C=O) groups excluding carboxylic acids is 2. The number of thiazole rings is 1. The van der Waals surface area contributed by atoms with Crippen molar-refractivity contribution in [2.75, 3.05) is 25.0 Å². The summed E-state index contributed by atoms with van der Waals surface area (Å²) in [5, 5.41) is 3.79. The van der Waals surface area contributed by atoms with Crippen molar-refractivity contribution < 1.29 is 14.3 Å². The number of aromatic nitrogens is 1. The maximum absolute atomic E-state index is 13.2. The van der Waals surface area contributed by atoms with E-state index in [1.165, 1.54) is 11.3 Å². The Kier molecular flexibility index (Phi) is 9.47. The molecule has 0 bridgehead atoms. The first-order valence-corrected chi connectivity index (χ1v) is 12.9. The molecule has 180 valence electrons. The van der Waals surface area contributed by atoms with E-state index in [9.17, 15) is 9.59 Å². The summed E-state index contributed by atoms with van der Waals surface area (Å²) in [6.45, 7) is 11.1. The molecule has 34 heavy (non-hydrogen) atoms. The van der Waals surface area contributed by atoms with Crippen LogP contribution in [0.25, 0.3) is 0 Å². The van der Waals surface area contributed by atoms with E-state index in [0.717, 1.165) is 14.7 Å². The molecule has 0 saturated carbocycles. The predicted molar refractivity (Wildman–Crippen MR) is 139 cm³/mol. The number of aliphatic imine (C=N–C) groups is 1. The van der Waals surface area contributed by atoms with E-state index in [1.807, 2.05) is 56.0 Å². The van der Waals surface area contributed by atoms with Gasteiger partial charge in [0.25, 0.3) is 5.91 Å². The monoisotopic (exact) mass is 498 g/mol. The van der Waals surface area contributed by atoms with Gasteiger partial charge in [0.05, 0.1) is 22.9 Å². The number of ether oxygens (including phenoxy) is 1. The molecule has 2 heterocycles. The Labute approximate surface area is 209 Å². The molecule has 0 spiro atoms. The van der Waals surface area contributed by atoms with E-state index in [2.05, 4.69) is 21.9 Å². The second-order valence-electron chi connectivity index (χ2n) is 7.76. The van der Waals surface area contributed by atoms with E-state index < -0.39 is 0 Å². The average Bonchev–Trinajstić information content (AvgIpc) is 3.26. The van der Waals surface area contributed by atoms with Crippen molar-refractivity contribution in [1.82, 2.24) is 9.88 Å². The zero-order valence-corrected chi connectivity index (χ0v) is 21.4. The zero-order valence-electron chi connectivity index (χ0n) is 19.7. The van der Waals surface area contributed by atoms with Crippen LogP contribution >= 0.6 is 23.1 Å². The predicted octanol–water partition coefficient (Wildman–Crippen LogP) is 5.55. The number of esters is 1. The van der Waals surface area contributed by atoms with Crippen molar-refractivity contribution in [3.05, 3.63) is 60.1 Å². The Morgan fingerprint density at radius 3 is 2.85 bits per heavy atom. The number of rotatable bonds is 9. The number of anilines is 1. The number of allylic oxidation sites excluding steroid dienone is 2. The van der Waals surface area contributed by atoms with E-state index >= 15 is 0 Å². The lowest BCUT2D eigenvalue weighted by Crippen LogP contribution is -2.40. The first kappa shape index (κ1) is 25.7. The molecule has 1 aromatic heterocycles. The van der Waals surface area contributed by atoms with Crippen LogP contribution < -0.4 is 5.32 Å². The Balaban J connectivity index is 1.62. The number of nitrogens with one attached hydrogen (secondary N) is 1. The van der Waals surface area contributed by atoms with Crippen molar-refractivity contribution in [3.8, 4) is 0 Å². The highest BCUT2D eigenvalue weighted by Crippen LogP contribution is 2.35. The molecule has 0 aliphatic carbocycles. The van der Waals surface area contributed by atoms with Crippen molar-refractivity contribution in [2.24, 2.45) is 10.9 Å². The fraction of sp³-hybridized carbons (Fsp3) is 0.360. The molecular formula is C25H30N4O3S2. The Morgan fingerprint density at radius 2 is 2.15 bits per heavy atom. The summed E-state index contributed by atoms with van der Waals surface area (Å²) >= 11 is 3.06. The minimum absolute atomic E-state index is 0.00390. The fourth-order valence-corrected chi connectivity index (χ4v) is 5.41. The minimum atomic E-state index is -0.157. The van der Waals surface area contributed by atoms with E-state index in [-0.39, 0.29) is 17.8 Å². The molecule has 1 aromatic carbocycles. The Hall–Kier alpha value is -2.91. The van der Waals surface area contributed by atoms with Crippen molar-refractivity contribution in [1.29, 1.82) is 0 Å². The fourth-order valence-electron chi connectivity index (χ4n) is 3.50. The van der Waals surface area contributed by atoms with Crippen LogP contribution in [-0.2, 0) is 9.53 Å². The standard InChI is InChI=1S/C25H30N4O3S2/c1-5-7-12-26-18(4)28-25-27-16-22(34-25)33-20-9-8-17(3)21(15-20)23(30)29-13-10-19(11-14-29)24(31)32-6-2/h5,7-9,12,15-16,19H,4,6,10-11,13-14H2,1-3H3,(H,27,28)/b7-5-,26-12-. The molecule has 0 atom stereocenters. The van der Waals surface area contributed by atoms with E-state index in [0.29, 0.717) is 49.1 Å². The van der Waals surface area contributed by atoms with Crippen LogP contribution in [-0.4, -0.2) is 47.7 Å². The van der Waals surface area contributed by atoms with E-state index in [4.69, 9.17) is 4.74 Å². The lowest BCUT2D eigenvalue weighted by Gasteiger charge is -2.31. The molecule has 1 amide bonds. The highest BCUT2D eigenvalue weighted by molar-refractivity contribution is 8.01. The summed E-state index contributed by atoms with van der Waals surface area (Å²) in [7, 11) is 0. The van der Waals surface area contributed by atoms with Gasteiger partial charge in [-0.25, -0.2) is 9.98 Å². The van der Waals surface area contributed by atoms with Crippen LogP contribution in [0.2, 0.25) is 0 Å². The number of hydrogen-bond acceptors (Lipinski definition) is 8. The third-order valence-corrected chi connectivity index (χ3v) is 7.31. The topological polar surface area (TPSA) is 83.9 Å². The van der Waals surface area contributed by atoms with Gasteiger partial charge >= 0.3 is 5.97 Å². The molecule has 3 rings (SSSR count). The Bertz CT molecular complexity index is 1090. The smallest absolute Gasteiger partial charge is 0.309 e. The first-order valence-electron chi connectivity index (χ1n) is 11.2. The Morgan fingerprint density at radius 1 is 1.38 bits per heavy atom. The number of amides is 1. The largest absolute Gasteiger partial charge is 0.466 e. The molecule has 1 saturated heterocycles. The molecule has 1 N–H and O–H groups in total. The number of piperidine rings is 1. The summed E-state index contributed by atoms with van der Waals surface area (Å²) in [5.41, 5.74) is 1.62. The number of nitrogens with zero attached hydrogens (tertiary/aromatic N) is 3. The van der Waals surface area contributed by atoms with Crippen LogP contribution in [0.5, 0.6) is 0 Å². The summed E-state index contributed by atoms with van der Waals surface area (Å²) in [6, 6.07) is 5.92. The number of benzene rings is 1. The molecule has 1 fully saturated rings. The summed E-state index contributed by atoms with van der Waals surface area (Å²) in [4.78, 5) is 36.6. The lowest BCUT2D eigenvalue weighted by atomic mass is 9.96. The molecule has 7 nitrogen and oxygen atoms in total. The van der Waals surface area contributed by atoms with Gasteiger partial charge in [0.2, 0.25) is 0 Å². The van der Waals surface area contributed by atoms with Gasteiger partial charge in [0.15, 0.2) is 5.13 Å².